The normalized spacial score (nSPS) is 10.5. The first-order valence-corrected chi connectivity index (χ1v) is 5.91. The number of carboxylic acid groups (broad SMARTS) is 1. The number of hydrogen-bond acceptors (Lipinski definition) is 4. The third-order valence-corrected chi connectivity index (χ3v) is 3.09. The largest absolute Gasteiger partial charge is 0.507 e. The smallest absolute Gasteiger partial charge is 0.340 e. The SMILES string of the molecule is Cc1cc(O)c(C(=O)O)c(-c2cc(O)c(O)cc2C)c1. The summed E-state index contributed by atoms with van der Waals surface area (Å²) < 4.78 is 0. The summed E-state index contributed by atoms with van der Waals surface area (Å²) in [6.45, 7) is 3.41. The molecule has 2 aromatic rings. The Hall–Kier alpha value is -2.69. The predicted octanol–water partition coefficient (Wildman–Crippen LogP) is 2.79. The van der Waals surface area contributed by atoms with Gasteiger partial charge in [-0.15, -0.1) is 0 Å². The van der Waals surface area contributed by atoms with Gasteiger partial charge in [0.2, 0.25) is 0 Å². The molecule has 5 nitrogen and oxygen atoms in total. The molecule has 0 fully saturated rings. The summed E-state index contributed by atoms with van der Waals surface area (Å²) in [4.78, 5) is 11.3. The van der Waals surface area contributed by atoms with Gasteiger partial charge in [0.15, 0.2) is 11.5 Å². The third-order valence-electron chi connectivity index (χ3n) is 3.09. The Bertz CT molecular complexity index is 704. The molecule has 2 aromatic carbocycles. The van der Waals surface area contributed by atoms with Crippen molar-refractivity contribution in [1.82, 2.24) is 0 Å². The molecule has 0 aliphatic rings. The molecule has 0 aliphatic carbocycles. The Kier molecular flexibility index (Phi) is 3.28. The first-order valence-electron chi connectivity index (χ1n) is 5.91. The van der Waals surface area contributed by atoms with E-state index in [1.54, 1.807) is 19.9 Å². The van der Waals surface area contributed by atoms with E-state index in [-0.39, 0.29) is 22.8 Å². The van der Waals surface area contributed by atoms with Gasteiger partial charge in [0.25, 0.3) is 0 Å². The average molecular weight is 274 g/mol. The van der Waals surface area contributed by atoms with Crippen LogP contribution in [-0.2, 0) is 0 Å². The maximum atomic E-state index is 11.3. The van der Waals surface area contributed by atoms with E-state index in [4.69, 9.17) is 0 Å². The number of aromatic hydroxyl groups is 3. The molecule has 0 radical (unpaired) electrons. The van der Waals surface area contributed by atoms with Crippen LogP contribution in [0.3, 0.4) is 0 Å². The molecule has 104 valence electrons. The molecular weight excluding hydrogens is 260 g/mol. The lowest BCUT2D eigenvalue weighted by molar-refractivity contribution is 0.0694. The second kappa shape index (κ2) is 4.77. The Morgan fingerprint density at radius 3 is 2.05 bits per heavy atom. The lowest BCUT2D eigenvalue weighted by Crippen LogP contribution is -2.01. The van der Waals surface area contributed by atoms with Crippen LogP contribution < -0.4 is 0 Å². The van der Waals surface area contributed by atoms with Crippen molar-refractivity contribution in [3.05, 3.63) is 41.0 Å². The zero-order valence-corrected chi connectivity index (χ0v) is 11.0. The van der Waals surface area contributed by atoms with E-state index in [9.17, 15) is 25.2 Å². The van der Waals surface area contributed by atoms with Crippen LogP contribution in [-0.4, -0.2) is 26.4 Å². The number of benzene rings is 2. The highest BCUT2D eigenvalue weighted by Crippen LogP contribution is 2.38. The highest BCUT2D eigenvalue weighted by Gasteiger charge is 2.19. The van der Waals surface area contributed by atoms with Gasteiger partial charge in [-0.2, -0.15) is 0 Å². The average Bonchev–Trinajstić information content (AvgIpc) is 2.32. The second-order valence-corrected chi connectivity index (χ2v) is 4.67. The van der Waals surface area contributed by atoms with Crippen molar-refractivity contribution in [1.29, 1.82) is 0 Å². The van der Waals surface area contributed by atoms with Crippen LogP contribution >= 0.6 is 0 Å². The highest BCUT2D eigenvalue weighted by molar-refractivity contribution is 5.99. The van der Waals surface area contributed by atoms with Crippen LogP contribution in [0.2, 0.25) is 0 Å². The quantitative estimate of drug-likeness (QED) is 0.631. The summed E-state index contributed by atoms with van der Waals surface area (Å²) >= 11 is 0. The number of carbonyl (C=O) groups is 1. The van der Waals surface area contributed by atoms with Gasteiger partial charge in [-0.05, 0) is 48.7 Å². The second-order valence-electron chi connectivity index (χ2n) is 4.67. The molecule has 0 heterocycles. The number of phenolic OH excluding ortho intramolecular Hbond substituents is 2. The number of phenols is 3. The summed E-state index contributed by atoms with van der Waals surface area (Å²) in [6, 6.07) is 5.60. The van der Waals surface area contributed by atoms with Gasteiger partial charge in [0, 0.05) is 5.56 Å². The van der Waals surface area contributed by atoms with Crippen LogP contribution in [0.4, 0.5) is 0 Å². The van der Waals surface area contributed by atoms with Crippen molar-refractivity contribution >= 4 is 5.97 Å². The van der Waals surface area contributed by atoms with E-state index in [0.29, 0.717) is 22.3 Å². The van der Waals surface area contributed by atoms with E-state index in [1.165, 1.54) is 18.2 Å². The van der Waals surface area contributed by atoms with Crippen molar-refractivity contribution in [3.8, 4) is 28.4 Å². The molecule has 0 aliphatic heterocycles. The number of hydrogen-bond donors (Lipinski definition) is 4. The van der Waals surface area contributed by atoms with Gasteiger partial charge >= 0.3 is 5.97 Å². The summed E-state index contributed by atoms with van der Waals surface area (Å²) in [5.41, 5.74) is 1.78. The predicted molar refractivity (Wildman–Crippen MR) is 73.3 cm³/mol. The molecule has 4 N–H and O–H groups in total. The highest BCUT2D eigenvalue weighted by atomic mass is 16.4. The molecule has 20 heavy (non-hydrogen) atoms. The molecule has 0 saturated carbocycles. The molecule has 5 heteroatoms. The molecule has 0 bridgehead atoms. The number of aromatic carboxylic acids is 1. The van der Waals surface area contributed by atoms with Gasteiger partial charge in [-0.1, -0.05) is 6.07 Å². The maximum absolute atomic E-state index is 11.3. The molecule has 0 aromatic heterocycles. The molecule has 0 spiro atoms. The Balaban J connectivity index is 2.82. The topological polar surface area (TPSA) is 98.0 Å². The van der Waals surface area contributed by atoms with Gasteiger partial charge in [-0.3, -0.25) is 0 Å². The first kappa shape index (κ1) is 13.7. The van der Waals surface area contributed by atoms with E-state index >= 15 is 0 Å². The Morgan fingerprint density at radius 1 is 0.850 bits per heavy atom. The Morgan fingerprint density at radius 2 is 1.45 bits per heavy atom. The summed E-state index contributed by atoms with van der Waals surface area (Å²) in [6.07, 6.45) is 0. The molecule has 0 atom stereocenters. The van der Waals surface area contributed by atoms with Crippen LogP contribution in [0.25, 0.3) is 11.1 Å². The zero-order valence-electron chi connectivity index (χ0n) is 11.0. The number of aryl methyl sites for hydroxylation is 2. The van der Waals surface area contributed by atoms with Crippen LogP contribution in [0, 0.1) is 13.8 Å². The molecule has 0 unspecified atom stereocenters. The van der Waals surface area contributed by atoms with Crippen molar-refractivity contribution in [2.45, 2.75) is 13.8 Å². The van der Waals surface area contributed by atoms with Crippen LogP contribution in [0.1, 0.15) is 21.5 Å². The van der Waals surface area contributed by atoms with E-state index < -0.39 is 5.97 Å². The van der Waals surface area contributed by atoms with Crippen molar-refractivity contribution in [2.75, 3.05) is 0 Å². The fraction of sp³-hybridized carbons (Fsp3) is 0.133. The Labute approximate surface area is 115 Å². The van der Waals surface area contributed by atoms with Crippen LogP contribution in [0.15, 0.2) is 24.3 Å². The fourth-order valence-corrected chi connectivity index (χ4v) is 2.18. The standard InChI is InChI=1S/C15H14O5/c1-7-3-10(14(15(19)20)13(18)4-7)9-6-12(17)11(16)5-8(9)2/h3-6,16-18H,1-2H3,(H,19,20). The number of rotatable bonds is 2. The first-order chi connectivity index (χ1) is 9.31. The minimum atomic E-state index is -1.26. The summed E-state index contributed by atoms with van der Waals surface area (Å²) in [5, 5.41) is 38.1. The van der Waals surface area contributed by atoms with E-state index in [0.717, 1.165) is 0 Å². The molecule has 0 saturated heterocycles. The van der Waals surface area contributed by atoms with Crippen LogP contribution in [0.5, 0.6) is 17.2 Å². The molecule has 0 amide bonds. The third kappa shape index (κ3) is 2.25. The lowest BCUT2D eigenvalue weighted by Gasteiger charge is -2.13. The van der Waals surface area contributed by atoms with Crippen molar-refractivity contribution in [3.63, 3.8) is 0 Å². The lowest BCUT2D eigenvalue weighted by atomic mass is 9.93. The van der Waals surface area contributed by atoms with Gasteiger partial charge in [0.05, 0.1) is 0 Å². The van der Waals surface area contributed by atoms with Gasteiger partial charge < -0.3 is 20.4 Å². The maximum Gasteiger partial charge on any atom is 0.340 e. The van der Waals surface area contributed by atoms with E-state index in [1.807, 2.05) is 0 Å². The zero-order chi connectivity index (χ0) is 15.0. The monoisotopic (exact) mass is 274 g/mol. The fourth-order valence-electron chi connectivity index (χ4n) is 2.18. The van der Waals surface area contributed by atoms with Gasteiger partial charge in [0.1, 0.15) is 11.3 Å². The number of carboxylic acids is 1. The van der Waals surface area contributed by atoms with Crippen molar-refractivity contribution < 1.29 is 25.2 Å². The van der Waals surface area contributed by atoms with Crippen molar-refractivity contribution in [2.24, 2.45) is 0 Å². The minimum Gasteiger partial charge on any atom is -0.507 e. The van der Waals surface area contributed by atoms with Gasteiger partial charge in [-0.25, -0.2) is 4.79 Å². The summed E-state index contributed by atoms with van der Waals surface area (Å²) in [7, 11) is 0. The minimum absolute atomic E-state index is 0.233. The molecule has 2 rings (SSSR count). The summed E-state index contributed by atoms with van der Waals surface area (Å²) in [5.74, 6) is -2.22. The van der Waals surface area contributed by atoms with E-state index in [2.05, 4.69) is 0 Å². The molecular formula is C15H14O5.